The standard InChI is InChI=1S/C34H36O11/c1-23(21-31(36)40-3)32(37)43-18-4-17-41-29-13-15-30(16-14-29)45-34(39)27-7-5-25(6-8-27)26-9-11-28(12-10-26)42-19-20-44-33(38)24(2)22-35/h5-16,31,35-36H,1-2,4,17-22H2,3H3. The lowest BCUT2D eigenvalue weighted by Crippen LogP contribution is -2.16. The molecule has 1 unspecified atom stereocenters. The number of aliphatic hydroxyl groups excluding tert-OH is 2. The third-order valence-electron chi connectivity index (χ3n) is 6.18. The van der Waals surface area contributed by atoms with Crippen LogP contribution in [0.5, 0.6) is 17.2 Å². The van der Waals surface area contributed by atoms with Crippen LogP contribution in [0.15, 0.2) is 97.1 Å². The Balaban J connectivity index is 1.39. The highest BCUT2D eigenvalue weighted by atomic mass is 16.6. The molecule has 0 amide bonds. The number of methoxy groups -OCH3 is 1. The number of rotatable bonds is 18. The van der Waals surface area contributed by atoms with Crippen LogP contribution >= 0.6 is 0 Å². The molecule has 2 N–H and O–H groups in total. The highest BCUT2D eigenvalue weighted by molar-refractivity contribution is 5.91. The van der Waals surface area contributed by atoms with Crippen LogP contribution in [0.4, 0.5) is 0 Å². The first kappa shape index (κ1) is 34.5. The summed E-state index contributed by atoms with van der Waals surface area (Å²) in [5.74, 6) is -0.273. The highest BCUT2D eigenvalue weighted by Gasteiger charge is 2.14. The van der Waals surface area contributed by atoms with Gasteiger partial charge in [0.25, 0.3) is 0 Å². The van der Waals surface area contributed by atoms with Crippen molar-refractivity contribution in [1.29, 1.82) is 0 Å². The second kappa shape index (κ2) is 18.0. The molecule has 0 saturated carbocycles. The van der Waals surface area contributed by atoms with Gasteiger partial charge in [-0.05, 0) is 59.7 Å². The van der Waals surface area contributed by atoms with Gasteiger partial charge in [0, 0.05) is 25.5 Å². The second-order valence-electron chi connectivity index (χ2n) is 9.54. The molecule has 238 valence electrons. The van der Waals surface area contributed by atoms with Crippen molar-refractivity contribution in [2.24, 2.45) is 0 Å². The summed E-state index contributed by atoms with van der Waals surface area (Å²) in [6.07, 6.45) is -0.693. The molecule has 1 atom stereocenters. The largest absolute Gasteiger partial charge is 0.493 e. The van der Waals surface area contributed by atoms with E-state index in [0.717, 1.165) is 11.1 Å². The molecule has 3 aromatic rings. The molecule has 0 radical (unpaired) electrons. The van der Waals surface area contributed by atoms with E-state index in [9.17, 15) is 19.5 Å². The van der Waals surface area contributed by atoms with Crippen LogP contribution in [0.3, 0.4) is 0 Å². The van der Waals surface area contributed by atoms with Crippen LogP contribution in [0.25, 0.3) is 11.1 Å². The van der Waals surface area contributed by atoms with Gasteiger partial charge in [-0.25, -0.2) is 14.4 Å². The number of benzene rings is 3. The van der Waals surface area contributed by atoms with E-state index in [2.05, 4.69) is 17.9 Å². The van der Waals surface area contributed by atoms with Crippen molar-refractivity contribution in [3.8, 4) is 28.4 Å². The van der Waals surface area contributed by atoms with Crippen molar-refractivity contribution in [2.75, 3.05) is 40.1 Å². The molecule has 0 heterocycles. The molecule has 0 aliphatic heterocycles. The van der Waals surface area contributed by atoms with Gasteiger partial charge < -0.3 is 38.6 Å². The molecule has 0 fully saturated rings. The van der Waals surface area contributed by atoms with Crippen molar-refractivity contribution in [1.82, 2.24) is 0 Å². The predicted molar refractivity (Wildman–Crippen MR) is 164 cm³/mol. The van der Waals surface area contributed by atoms with Crippen molar-refractivity contribution in [3.05, 3.63) is 103 Å². The van der Waals surface area contributed by atoms with Crippen molar-refractivity contribution < 1.29 is 53.0 Å². The zero-order valence-corrected chi connectivity index (χ0v) is 24.9. The number of ether oxygens (including phenoxy) is 6. The first-order valence-electron chi connectivity index (χ1n) is 14.0. The lowest BCUT2D eigenvalue weighted by molar-refractivity contribution is -0.141. The van der Waals surface area contributed by atoms with Crippen LogP contribution in [-0.4, -0.2) is 74.6 Å². The number of hydrogen-bond acceptors (Lipinski definition) is 11. The van der Waals surface area contributed by atoms with E-state index in [4.69, 9.17) is 28.8 Å². The van der Waals surface area contributed by atoms with E-state index in [-0.39, 0.29) is 37.4 Å². The van der Waals surface area contributed by atoms with Crippen molar-refractivity contribution in [3.63, 3.8) is 0 Å². The summed E-state index contributed by atoms with van der Waals surface area (Å²) in [7, 11) is 1.32. The predicted octanol–water partition coefficient (Wildman–Crippen LogP) is 4.27. The van der Waals surface area contributed by atoms with Crippen LogP contribution < -0.4 is 14.2 Å². The van der Waals surface area contributed by atoms with E-state index in [0.29, 0.717) is 35.8 Å². The van der Waals surface area contributed by atoms with Crippen LogP contribution in [-0.2, 0) is 23.8 Å². The number of carbonyl (C=O) groups excluding carboxylic acids is 3. The molecule has 0 saturated heterocycles. The van der Waals surface area contributed by atoms with Crippen LogP contribution in [0.1, 0.15) is 23.2 Å². The second-order valence-corrected chi connectivity index (χ2v) is 9.54. The summed E-state index contributed by atoms with van der Waals surface area (Å²) < 4.78 is 31.4. The summed E-state index contributed by atoms with van der Waals surface area (Å²) in [4.78, 5) is 35.9. The maximum Gasteiger partial charge on any atom is 0.343 e. The summed E-state index contributed by atoms with van der Waals surface area (Å²) >= 11 is 0. The summed E-state index contributed by atoms with van der Waals surface area (Å²) in [6, 6.07) is 20.8. The Morgan fingerprint density at radius 2 is 1.20 bits per heavy atom. The SMILES string of the molecule is C=C(CO)C(=O)OCCOc1ccc(-c2ccc(C(=O)Oc3ccc(OCCCOC(=O)C(=C)CC(O)OC)cc3)cc2)cc1. The zero-order chi connectivity index (χ0) is 32.6. The van der Waals surface area contributed by atoms with E-state index in [1.807, 2.05) is 24.3 Å². The van der Waals surface area contributed by atoms with Gasteiger partial charge in [-0.2, -0.15) is 0 Å². The van der Waals surface area contributed by atoms with E-state index >= 15 is 0 Å². The van der Waals surface area contributed by atoms with Gasteiger partial charge in [0.2, 0.25) is 0 Å². The Labute approximate surface area is 261 Å². The molecule has 0 bridgehead atoms. The zero-order valence-electron chi connectivity index (χ0n) is 24.9. The third-order valence-corrected chi connectivity index (χ3v) is 6.18. The van der Waals surface area contributed by atoms with Gasteiger partial charge in [0.15, 0.2) is 6.29 Å². The molecule has 3 rings (SSSR count). The van der Waals surface area contributed by atoms with Gasteiger partial charge in [-0.15, -0.1) is 0 Å². The van der Waals surface area contributed by atoms with Gasteiger partial charge in [0.05, 0.1) is 31.0 Å². The molecule has 0 aromatic heterocycles. The molecule has 0 spiro atoms. The molecular formula is C34H36O11. The average molecular weight is 621 g/mol. The van der Waals surface area contributed by atoms with Gasteiger partial charge in [0.1, 0.15) is 30.5 Å². The first-order valence-corrected chi connectivity index (χ1v) is 14.0. The first-order chi connectivity index (χ1) is 21.7. The van der Waals surface area contributed by atoms with E-state index in [1.165, 1.54) is 7.11 Å². The Bertz CT molecular complexity index is 1430. The normalized spacial score (nSPS) is 11.2. The maximum atomic E-state index is 12.6. The van der Waals surface area contributed by atoms with Crippen LogP contribution in [0, 0.1) is 0 Å². The monoisotopic (exact) mass is 620 g/mol. The minimum Gasteiger partial charge on any atom is -0.493 e. The lowest BCUT2D eigenvalue weighted by atomic mass is 10.0. The van der Waals surface area contributed by atoms with Gasteiger partial charge >= 0.3 is 17.9 Å². The maximum absolute atomic E-state index is 12.6. The van der Waals surface area contributed by atoms with Crippen molar-refractivity contribution >= 4 is 17.9 Å². The number of hydrogen-bond donors (Lipinski definition) is 2. The summed E-state index contributed by atoms with van der Waals surface area (Å²) in [5, 5.41) is 18.3. The quantitative estimate of drug-likeness (QED) is 0.0691. The smallest absolute Gasteiger partial charge is 0.343 e. The Morgan fingerprint density at radius 1 is 0.689 bits per heavy atom. The molecule has 0 aliphatic carbocycles. The summed E-state index contributed by atoms with van der Waals surface area (Å²) in [5.41, 5.74) is 2.28. The fourth-order valence-electron chi connectivity index (χ4n) is 3.67. The lowest BCUT2D eigenvalue weighted by Gasteiger charge is -2.11. The Hall–Kier alpha value is -4.97. The Morgan fingerprint density at radius 3 is 1.80 bits per heavy atom. The Kier molecular flexibility index (Phi) is 13.8. The minimum absolute atomic E-state index is 0.0175. The number of carbonyl (C=O) groups is 3. The fourth-order valence-corrected chi connectivity index (χ4v) is 3.67. The topological polar surface area (TPSA) is 147 Å². The van der Waals surface area contributed by atoms with Gasteiger partial charge in [-0.3, -0.25) is 0 Å². The van der Waals surface area contributed by atoms with Crippen molar-refractivity contribution in [2.45, 2.75) is 19.1 Å². The molecule has 3 aromatic carbocycles. The van der Waals surface area contributed by atoms with E-state index < -0.39 is 30.8 Å². The number of esters is 3. The number of aliphatic hydroxyl groups is 2. The fraction of sp³-hybridized carbons (Fsp3) is 0.265. The summed E-state index contributed by atoms with van der Waals surface area (Å²) in [6.45, 7) is 7.10. The minimum atomic E-state index is -1.10. The molecule has 0 aliphatic rings. The molecule has 11 heteroatoms. The molecular weight excluding hydrogens is 584 g/mol. The molecule has 11 nitrogen and oxygen atoms in total. The molecule has 45 heavy (non-hydrogen) atoms. The average Bonchev–Trinajstić information content (AvgIpc) is 3.06. The van der Waals surface area contributed by atoms with Crippen LogP contribution in [0.2, 0.25) is 0 Å². The third kappa shape index (κ3) is 11.6. The van der Waals surface area contributed by atoms with Gasteiger partial charge in [-0.1, -0.05) is 37.4 Å². The highest BCUT2D eigenvalue weighted by Crippen LogP contribution is 2.24. The van der Waals surface area contributed by atoms with E-state index in [1.54, 1.807) is 48.5 Å².